The molecule has 0 aromatic heterocycles. The van der Waals surface area contributed by atoms with Crippen LogP contribution in [0.2, 0.25) is 0 Å². The van der Waals surface area contributed by atoms with Crippen molar-refractivity contribution in [2.75, 3.05) is 32.8 Å². The van der Waals surface area contributed by atoms with Crippen LogP contribution < -0.4 is 4.74 Å². The molecule has 2 heterocycles. The van der Waals surface area contributed by atoms with Gasteiger partial charge >= 0.3 is 0 Å². The summed E-state index contributed by atoms with van der Waals surface area (Å²) in [5, 5.41) is 0. The number of hydrogen-bond acceptors (Lipinski definition) is 3. The van der Waals surface area contributed by atoms with Crippen molar-refractivity contribution < 1.29 is 9.53 Å². The minimum atomic E-state index is 0.308. The molecule has 1 amide bonds. The molecule has 1 atom stereocenters. The highest BCUT2D eigenvalue weighted by Crippen LogP contribution is 2.36. The van der Waals surface area contributed by atoms with Crippen LogP contribution in [0, 0.1) is 0 Å². The van der Waals surface area contributed by atoms with Gasteiger partial charge in [0.1, 0.15) is 5.75 Å². The standard InChI is InChI=1S/C20H30N2O2/c1-3-21(4-2)17-9-12-22(13-10-17)20(23)15-16-11-14-24-19-8-6-5-7-18(16)19/h5-8,16-17H,3-4,9-15H2,1-2H3. The van der Waals surface area contributed by atoms with E-state index in [9.17, 15) is 4.79 Å². The van der Waals surface area contributed by atoms with Gasteiger partial charge in [-0.1, -0.05) is 32.0 Å². The lowest BCUT2D eigenvalue weighted by molar-refractivity contribution is -0.133. The predicted octanol–water partition coefficient (Wildman–Crippen LogP) is 3.28. The molecular weight excluding hydrogens is 300 g/mol. The zero-order valence-electron chi connectivity index (χ0n) is 15.0. The van der Waals surface area contributed by atoms with Gasteiger partial charge in [0.05, 0.1) is 6.61 Å². The van der Waals surface area contributed by atoms with E-state index in [1.54, 1.807) is 0 Å². The van der Waals surface area contributed by atoms with Crippen LogP contribution in [0.5, 0.6) is 5.75 Å². The minimum absolute atomic E-state index is 0.308. The molecule has 4 nitrogen and oxygen atoms in total. The Hall–Kier alpha value is -1.55. The van der Waals surface area contributed by atoms with Crippen molar-refractivity contribution in [2.45, 2.75) is 51.5 Å². The van der Waals surface area contributed by atoms with E-state index in [4.69, 9.17) is 4.74 Å². The maximum atomic E-state index is 12.8. The number of hydrogen-bond donors (Lipinski definition) is 0. The number of amides is 1. The van der Waals surface area contributed by atoms with Crippen LogP contribution in [0.1, 0.15) is 51.0 Å². The average Bonchev–Trinajstić information content (AvgIpc) is 2.63. The van der Waals surface area contributed by atoms with Gasteiger partial charge in [-0.05, 0) is 49.9 Å². The van der Waals surface area contributed by atoms with Crippen molar-refractivity contribution in [2.24, 2.45) is 0 Å². The van der Waals surface area contributed by atoms with Gasteiger partial charge in [0, 0.05) is 25.6 Å². The van der Waals surface area contributed by atoms with Gasteiger partial charge in [-0.15, -0.1) is 0 Å². The number of likely N-dealkylation sites (tertiary alicyclic amines) is 1. The summed E-state index contributed by atoms with van der Waals surface area (Å²) in [4.78, 5) is 17.4. The second kappa shape index (κ2) is 8.02. The number of carbonyl (C=O) groups is 1. The fourth-order valence-corrected chi connectivity index (χ4v) is 4.19. The van der Waals surface area contributed by atoms with Gasteiger partial charge in [0.15, 0.2) is 0 Å². The number of carbonyl (C=O) groups excluding carboxylic acids is 1. The minimum Gasteiger partial charge on any atom is -0.493 e. The first-order valence-electron chi connectivity index (χ1n) is 9.46. The first-order valence-corrected chi connectivity index (χ1v) is 9.46. The molecule has 132 valence electrons. The summed E-state index contributed by atoms with van der Waals surface area (Å²) in [6.45, 7) is 9.20. The molecule has 0 spiro atoms. The van der Waals surface area contributed by atoms with Crippen molar-refractivity contribution in [3.8, 4) is 5.75 Å². The lowest BCUT2D eigenvalue weighted by Gasteiger charge is -2.38. The third-order valence-corrected chi connectivity index (χ3v) is 5.65. The first kappa shape index (κ1) is 17.3. The Balaban J connectivity index is 1.56. The molecule has 1 fully saturated rings. The van der Waals surface area contributed by atoms with E-state index in [1.165, 1.54) is 5.56 Å². The molecule has 0 N–H and O–H groups in total. The molecule has 4 heteroatoms. The summed E-state index contributed by atoms with van der Waals surface area (Å²) in [6.07, 6.45) is 3.78. The van der Waals surface area contributed by atoms with Crippen LogP contribution in [-0.4, -0.2) is 54.5 Å². The maximum absolute atomic E-state index is 12.8. The van der Waals surface area contributed by atoms with Crippen LogP contribution in [0.15, 0.2) is 24.3 Å². The van der Waals surface area contributed by atoms with Crippen LogP contribution in [0.3, 0.4) is 0 Å². The molecule has 1 saturated heterocycles. The highest BCUT2D eigenvalue weighted by Gasteiger charge is 2.29. The van der Waals surface area contributed by atoms with E-state index in [1.807, 2.05) is 18.2 Å². The third-order valence-electron chi connectivity index (χ3n) is 5.65. The van der Waals surface area contributed by atoms with Gasteiger partial charge in [0.25, 0.3) is 0 Å². The van der Waals surface area contributed by atoms with Crippen molar-refractivity contribution in [1.29, 1.82) is 0 Å². The van der Waals surface area contributed by atoms with Crippen molar-refractivity contribution in [3.05, 3.63) is 29.8 Å². The number of nitrogens with zero attached hydrogens (tertiary/aromatic N) is 2. The van der Waals surface area contributed by atoms with Crippen LogP contribution in [0.4, 0.5) is 0 Å². The fraction of sp³-hybridized carbons (Fsp3) is 0.650. The largest absolute Gasteiger partial charge is 0.493 e. The quantitative estimate of drug-likeness (QED) is 0.830. The molecular formula is C20H30N2O2. The first-order chi connectivity index (χ1) is 11.7. The zero-order valence-corrected chi connectivity index (χ0v) is 15.0. The summed E-state index contributed by atoms with van der Waals surface area (Å²) in [6, 6.07) is 8.81. The van der Waals surface area contributed by atoms with Gasteiger partial charge in [-0.3, -0.25) is 4.79 Å². The van der Waals surface area contributed by atoms with E-state index in [-0.39, 0.29) is 0 Å². The molecule has 3 rings (SSSR count). The van der Waals surface area contributed by atoms with Gasteiger partial charge in [-0.2, -0.15) is 0 Å². The Morgan fingerprint density at radius 2 is 1.88 bits per heavy atom. The highest BCUT2D eigenvalue weighted by atomic mass is 16.5. The molecule has 0 radical (unpaired) electrons. The van der Waals surface area contributed by atoms with E-state index in [2.05, 4.69) is 29.7 Å². The number of rotatable bonds is 5. The summed E-state index contributed by atoms with van der Waals surface area (Å²) in [5.41, 5.74) is 1.20. The highest BCUT2D eigenvalue weighted by molar-refractivity contribution is 5.77. The van der Waals surface area contributed by atoms with Crippen LogP contribution in [-0.2, 0) is 4.79 Å². The second-order valence-corrected chi connectivity index (χ2v) is 6.91. The summed E-state index contributed by atoms with van der Waals surface area (Å²) in [7, 11) is 0. The molecule has 1 aromatic rings. The predicted molar refractivity (Wildman–Crippen MR) is 96.4 cm³/mol. The molecule has 0 saturated carbocycles. The Morgan fingerprint density at radius 1 is 1.17 bits per heavy atom. The van der Waals surface area contributed by atoms with E-state index in [0.29, 0.717) is 24.3 Å². The zero-order chi connectivity index (χ0) is 16.9. The number of fused-ring (bicyclic) bond motifs is 1. The van der Waals surface area contributed by atoms with Crippen molar-refractivity contribution in [3.63, 3.8) is 0 Å². The van der Waals surface area contributed by atoms with Crippen molar-refractivity contribution >= 4 is 5.91 Å². The molecule has 0 bridgehead atoms. The smallest absolute Gasteiger partial charge is 0.223 e. The topological polar surface area (TPSA) is 32.8 Å². The summed E-state index contributed by atoms with van der Waals surface area (Å²) >= 11 is 0. The van der Waals surface area contributed by atoms with E-state index >= 15 is 0 Å². The second-order valence-electron chi connectivity index (χ2n) is 6.91. The lowest BCUT2D eigenvalue weighted by Crippen LogP contribution is -2.47. The summed E-state index contributed by atoms with van der Waals surface area (Å²) < 4.78 is 5.72. The Morgan fingerprint density at radius 3 is 2.58 bits per heavy atom. The van der Waals surface area contributed by atoms with Crippen LogP contribution >= 0.6 is 0 Å². The molecule has 24 heavy (non-hydrogen) atoms. The summed E-state index contributed by atoms with van der Waals surface area (Å²) in [5.74, 6) is 1.58. The molecule has 2 aliphatic rings. The molecule has 2 aliphatic heterocycles. The van der Waals surface area contributed by atoms with E-state index < -0.39 is 0 Å². The monoisotopic (exact) mass is 330 g/mol. The number of para-hydroxylation sites is 1. The van der Waals surface area contributed by atoms with Crippen molar-refractivity contribution in [1.82, 2.24) is 9.80 Å². The molecule has 1 unspecified atom stereocenters. The fourth-order valence-electron chi connectivity index (χ4n) is 4.19. The van der Waals surface area contributed by atoms with Gasteiger partial charge in [0.2, 0.25) is 5.91 Å². The van der Waals surface area contributed by atoms with Gasteiger partial charge < -0.3 is 14.5 Å². The lowest BCUT2D eigenvalue weighted by atomic mass is 9.89. The maximum Gasteiger partial charge on any atom is 0.223 e. The third kappa shape index (κ3) is 3.75. The van der Waals surface area contributed by atoms with Crippen LogP contribution in [0.25, 0.3) is 0 Å². The molecule has 1 aromatic carbocycles. The number of benzene rings is 1. The average molecular weight is 330 g/mol. The SMILES string of the molecule is CCN(CC)C1CCN(C(=O)CC2CCOc3ccccc32)CC1. The molecule has 0 aliphatic carbocycles. The van der Waals surface area contributed by atoms with E-state index in [0.717, 1.165) is 57.8 Å². The Bertz CT molecular complexity index is 548. The van der Waals surface area contributed by atoms with Gasteiger partial charge in [-0.25, -0.2) is 0 Å². The number of ether oxygens (including phenoxy) is 1. The normalized spacial score (nSPS) is 21.5. The number of piperidine rings is 1. The Kier molecular flexibility index (Phi) is 5.77. The Labute approximate surface area is 145 Å².